The van der Waals surface area contributed by atoms with Crippen molar-refractivity contribution < 1.29 is 14.1 Å². The van der Waals surface area contributed by atoms with E-state index in [0.29, 0.717) is 24.4 Å². The quantitative estimate of drug-likeness (QED) is 0.729. The minimum atomic E-state index is -0.00481. The Kier molecular flexibility index (Phi) is 3.04. The summed E-state index contributed by atoms with van der Waals surface area (Å²) in [7, 11) is 0. The number of hydrogen-bond donors (Lipinski definition) is 0. The lowest BCUT2D eigenvalue weighted by molar-refractivity contribution is -0.118. The van der Waals surface area contributed by atoms with Gasteiger partial charge in [0.2, 0.25) is 5.91 Å². The van der Waals surface area contributed by atoms with Gasteiger partial charge >= 0.3 is 0 Å². The highest BCUT2D eigenvalue weighted by molar-refractivity contribution is 5.98. The zero-order valence-corrected chi connectivity index (χ0v) is 11.9. The van der Waals surface area contributed by atoms with E-state index in [1.807, 2.05) is 48.5 Å². The van der Waals surface area contributed by atoms with E-state index in [9.17, 15) is 4.79 Å². The average Bonchev–Trinajstić information content (AvgIpc) is 2.97. The molecule has 2 heterocycles. The summed E-state index contributed by atoms with van der Waals surface area (Å²) in [5.74, 6) is 0.738. The second-order valence-corrected chi connectivity index (χ2v) is 5.16. The van der Waals surface area contributed by atoms with Gasteiger partial charge in [-0.25, -0.2) is 0 Å². The van der Waals surface area contributed by atoms with Crippen LogP contribution >= 0.6 is 0 Å². The van der Waals surface area contributed by atoms with Gasteiger partial charge in [0.25, 0.3) is 0 Å². The topological polar surface area (TPSA) is 55.6 Å². The van der Waals surface area contributed by atoms with Gasteiger partial charge in [0.1, 0.15) is 18.1 Å². The number of fused-ring (bicyclic) bond motifs is 2. The summed E-state index contributed by atoms with van der Waals surface area (Å²) in [6.07, 6.45) is 0.214. The molecule has 22 heavy (non-hydrogen) atoms. The zero-order chi connectivity index (χ0) is 14.9. The van der Waals surface area contributed by atoms with Gasteiger partial charge < -0.3 is 14.2 Å². The lowest BCUT2D eigenvalue weighted by atomic mass is 10.1. The largest absolute Gasteiger partial charge is 0.490 e. The van der Waals surface area contributed by atoms with Crippen LogP contribution in [-0.2, 0) is 11.2 Å². The standard InChI is InChI=1S/C17H14N2O3/c20-17(11-13-12-5-1-3-7-15(12)22-18-13)19-9-10-21-16-8-4-2-6-14(16)19/h1-8H,9-11H2. The van der Waals surface area contributed by atoms with Crippen LogP contribution in [0.4, 0.5) is 5.69 Å². The van der Waals surface area contributed by atoms with Gasteiger partial charge in [-0.05, 0) is 24.3 Å². The van der Waals surface area contributed by atoms with Gasteiger partial charge in [0.05, 0.1) is 18.7 Å². The summed E-state index contributed by atoms with van der Waals surface area (Å²) in [4.78, 5) is 14.4. The molecule has 0 spiro atoms. The molecule has 0 saturated heterocycles. The molecule has 0 bridgehead atoms. The number of para-hydroxylation sites is 3. The second-order valence-electron chi connectivity index (χ2n) is 5.16. The van der Waals surface area contributed by atoms with Crippen molar-refractivity contribution in [3.8, 4) is 5.75 Å². The summed E-state index contributed by atoms with van der Waals surface area (Å²) >= 11 is 0. The monoisotopic (exact) mass is 294 g/mol. The molecule has 2 aromatic carbocycles. The van der Waals surface area contributed by atoms with E-state index >= 15 is 0 Å². The number of carbonyl (C=O) groups excluding carboxylic acids is 1. The molecular weight excluding hydrogens is 280 g/mol. The van der Waals surface area contributed by atoms with Crippen molar-refractivity contribution in [3.63, 3.8) is 0 Å². The van der Waals surface area contributed by atoms with Crippen LogP contribution in [0.3, 0.4) is 0 Å². The molecule has 0 saturated carbocycles. The van der Waals surface area contributed by atoms with Crippen molar-refractivity contribution in [2.24, 2.45) is 0 Å². The number of amides is 1. The van der Waals surface area contributed by atoms with Crippen molar-refractivity contribution in [3.05, 3.63) is 54.2 Å². The molecule has 1 aromatic heterocycles. The molecule has 1 amide bonds. The smallest absolute Gasteiger partial charge is 0.233 e. The molecule has 0 unspecified atom stereocenters. The van der Waals surface area contributed by atoms with Crippen LogP contribution in [0.5, 0.6) is 5.75 Å². The van der Waals surface area contributed by atoms with Gasteiger partial charge in [0.15, 0.2) is 5.58 Å². The molecule has 0 aliphatic carbocycles. The number of ether oxygens (including phenoxy) is 1. The maximum atomic E-state index is 12.7. The molecule has 0 fully saturated rings. The summed E-state index contributed by atoms with van der Waals surface area (Å²) in [5, 5.41) is 4.92. The molecule has 110 valence electrons. The molecule has 4 rings (SSSR count). The Bertz CT molecular complexity index is 841. The lowest BCUT2D eigenvalue weighted by Crippen LogP contribution is -2.38. The predicted molar refractivity (Wildman–Crippen MR) is 82.0 cm³/mol. The Morgan fingerprint density at radius 3 is 2.91 bits per heavy atom. The number of nitrogens with zero attached hydrogens (tertiary/aromatic N) is 2. The van der Waals surface area contributed by atoms with Crippen molar-refractivity contribution >= 4 is 22.6 Å². The molecule has 0 radical (unpaired) electrons. The third-order valence-electron chi connectivity index (χ3n) is 3.80. The first kappa shape index (κ1) is 12.9. The molecule has 1 aliphatic rings. The predicted octanol–water partition coefficient (Wildman–Crippen LogP) is 2.80. The highest BCUT2D eigenvalue weighted by atomic mass is 16.5. The summed E-state index contributed by atoms with van der Waals surface area (Å²) < 4.78 is 10.8. The Morgan fingerprint density at radius 2 is 1.95 bits per heavy atom. The van der Waals surface area contributed by atoms with Gasteiger partial charge in [-0.15, -0.1) is 0 Å². The molecule has 0 atom stereocenters. The molecule has 3 aromatic rings. The van der Waals surface area contributed by atoms with Crippen molar-refractivity contribution in [1.29, 1.82) is 0 Å². The van der Waals surface area contributed by atoms with Crippen molar-refractivity contribution in [2.75, 3.05) is 18.1 Å². The minimum absolute atomic E-state index is 0.00481. The van der Waals surface area contributed by atoms with Crippen LogP contribution in [0, 0.1) is 0 Å². The molecular formula is C17H14N2O3. The summed E-state index contributed by atoms with van der Waals surface area (Å²) in [5.41, 5.74) is 2.18. The molecule has 5 nitrogen and oxygen atoms in total. The van der Waals surface area contributed by atoms with E-state index < -0.39 is 0 Å². The lowest BCUT2D eigenvalue weighted by Gasteiger charge is -2.29. The van der Waals surface area contributed by atoms with Gasteiger partial charge in [-0.1, -0.05) is 29.4 Å². The van der Waals surface area contributed by atoms with Crippen LogP contribution in [0.1, 0.15) is 5.69 Å². The Balaban J connectivity index is 1.63. The number of rotatable bonds is 2. The number of benzene rings is 2. The van der Waals surface area contributed by atoms with E-state index in [2.05, 4.69) is 5.16 Å². The Hall–Kier alpha value is -2.82. The van der Waals surface area contributed by atoms with Gasteiger partial charge in [-0.3, -0.25) is 4.79 Å². The van der Waals surface area contributed by atoms with Crippen LogP contribution in [-0.4, -0.2) is 24.2 Å². The Labute approximate surface area is 127 Å². The van der Waals surface area contributed by atoms with Crippen LogP contribution in [0.15, 0.2) is 53.1 Å². The first-order valence-electron chi connectivity index (χ1n) is 7.18. The molecule has 1 aliphatic heterocycles. The van der Waals surface area contributed by atoms with Crippen molar-refractivity contribution in [2.45, 2.75) is 6.42 Å². The van der Waals surface area contributed by atoms with E-state index in [4.69, 9.17) is 9.26 Å². The maximum Gasteiger partial charge on any atom is 0.233 e. The second kappa shape index (κ2) is 5.18. The van der Waals surface area contributed by atoms with Crippen LogP contribution in [0.2, 0.25) is 0 Å². The third-order valence-corrected chi connectivity index (χ3v) is 3.80. The van der Waals surface area contributed by atoms with Crippen molar-refractivity contribution in [1.82, 2.24) is 5.16 Å². The molecule has 5 heteroatoms. The number of carbonyl (C=O) groups is 1. The highest BCUT2D eigenvalue weighted by Crippen LogP contribution is 2.31. The average molecular weight is 294 g/mol. The van der Waals surface area contributed by atoms with E-state index in [0.717, 1.165) is 16.8 Å². The van der Waals surface area contributed by atoms with Crippen LogP contribution in [0.25, 0.3) is 11.0 Å². The first-order valence-corrected chi connectivity index (χ1v) is 7.18. The maximum absolute atomic E-state index is 12.7. The third kappa shape index (κ3) is 2.11. The number of anilines is 1. The number of aromatic nitrogens is 1. The molecule has 0 N–H and O–H groups in total. The minimum Gasteiger partial charge on any atom is -0.490 e. The first-order chi connectivity index (χ1) is 10.8. The summed E-state index contributed by atoms with van der Waals surface area (Å²) in [6.45, 7) is 1.05. The highest BCUT2D eigenvalue weighted by Gasteiger charge is 2.24. The van der Waals surface area contributed by atoms with E-state index in [1.165, 1.54) is 0 Å². The van der Waals surface area contributed by atoms with Gasteiger partial charge in [-0.2, -0.15) is 0 Å². The fourth-order valence-corrected chi connectivity index (χ4v) is 2.73. The normalized spacial score (nSPS) is 13.7. The Morgan fingerprint density at radius 1 is 1.14 bits per heavy atom. The van der Waals surface area contributed by atoms with Gasteiger partial charge in [0, 0.05) is 5.39 Å². The van der Waals surface area contributed by atoms with E-state index in [-0.39, 0.29) is 12.3 Å². The fourth-order valence-electron chi connectivity index (χ4n) is 2.73. The number of hydrogen-bond acceptors (Lipinski definition) is 4. The fraction of sp³-hybridized carbons (Fsp3) is 0.176. The van der Waals surface area contributed by atoms with Crippen LogP contribution < -0.4 is 9.64 Å². The zero-order valence-electron chi connectivity index (χ0n) is 11.9. The summed E-state index contributed by atoms with van der Waals surface area (Å²) in [6, 6.07) is 15.1. The van der Waals surface area contributed by atoms with E-state index in [1.54, 1.807) is 4.90 Å². The SMILES string of the molecule is O=C(Cc1noc2ccccc12)N1CCOc2ccccc21.